The summed E-state index contributed by atoms with van der Waals surface area (Å²) in [7, 11) is 3.48. The van der Waals surface area contributed by atoms with E-state index in [-0.39, 0.29) is 5.91 Å². The van der Waals surface area contributed by atoms with E-state index in [2.05, 4.69) is 10.4 Å². The molecule has 0 aliphatic carbocycles. The van der Waals surface area contributed by atoms with Crippen LogP contribution < -0.4 is 11.2 Å². The number of anilines is 1. The van der Waals surface area contributed by atoms with Gasteiger partial charge in [-0.25, -0.2) is 9.99 Å². The van der Waals surface area contributed by atoms with Gasteiger partial charge in [0.2, 0.25) is 0 Å². The fraction of sp³-hybridized carbons (Fsp3) is 0.250. The van der Waals surface area contributed by atoms with Crippen molar-refractivity contribution in [2.45, 2.75) is 0 Å². The van der Waals surface area contributed by atoms with Crippen LogP contribution >= 0.6 is 0 Å². The minimum absolute atomic E-state index is 0.197. The van der Waals surface area contributed by atoms with Gasteiger partial charge in [-0.15, -0.1) is 0 Å². The second-order valence-electron chi connectivity index (χ2n) is 2.81. The molecule has 1 aromatic rings. The normalized spacial score (nSPS) is 10.1. The predicted octanol–water partition coefficient (Wildman–Crippen LogP) is -0.130. The molecule has 3 N–H and O–H groups in total. The average molecular weight is 180 g/mol. The van der Waals surface area contributed by atoms with Crippen LogP contribution in [0.3, 0.4) is 0 Å². The van der Waals surface area contributed by atoms with Crippen molar-refractivity contribution in [2.24, 2.45) is 0 Å². The maximum atomic E-state index is 11.3. The third-order valence-electron chi connectivity index (χ3n) is 1.37. The van der Waals surface area contributed by atoms with Crippen LogP contribution in [-0.4, -0.2) is 30.0 Å². The summed E-state index contributed by atoms with van der Waals surface area (Å²) in [5, 5.41) is 1.57. The monoisotopic (exact) mass is 180 g/mol. The number of rotatable bonds is 2. The first kappa shape index (κ1) is 9.47. The molecule has 0 fully saturated rings. The van der Waals surface area contributed by atoms with E-state index < -0.39 is 0 Å². The van der Waals surface area contributed by atoms with Gasteiger partial charge in [0.05, 0.1) is 5.56 Å². The van der Waals surface area contributed by atoms with E-state index in [0.29, 0.717) is 11.4 Å². The van der Waals surface area contributed by atoms with Gasteiger partial charge in [0.15, 0.2) is 0 Å². The number of nitrogen functional groups attached to an aromatic ring is 1. The molecule has 1 amide bonds. The summed E-state index contributed by atoms with van der Waals surface area (Å²) in [6, 6.07) is 3.21. The van der Waals surface area contributed by atoms with Crippen molar-refractivity contribution in [3.05, 3.63) is 23.9 Å². The number of hydrogen-bond donors (Lipinski definition) is 2. The third-order valence-corrected chi connectivity index (χ3v) is 1.37. The number of nitrogens with one attached hydrogen (secondary N) is 1. The Morgan fingerprint density at radius 3 is 2.69 bits per heavy atom. The van der Waals surface area contributed by atoms with Crippen LogP contribution in [0.5, 0.6) is 0 Å². The SMILES string of the molecule is CN(C)NC(=O)c1ccc(N)nc1. The number of hydrogen-bond acceptors (Lipinski definition) is 4. The fourth-order valence-corrected chi connectivity index (χ4v) is 0.807. The number of hydrazine groups is 1. The molecule has 13 heavy (non-hydrogen) atoms. The van der Waals surface area contributed by atoms with E-state index in [1.54, 1.807) is 31.2 Å². The predicted molar refractivity (Wildman–Crippen MR) is 49.8 cm³/mol. The molecule has 0 saturated carbocycles. The Kier molecular flexibility index (Phi) is 2.81. The summed E-state index contributed by atoms with van der Waals surface area (Å²) >= 11 is 0. The Bertz CT molecular complexity index is 294. The lowest BCUT2D eigenvalue weighted by Gasteiger charge is -2.11. The van der Waals surface area contributed by atoms with E-state index in [1.807, 2.05) is 0 Å². The topological polar surface area (TPSA) is 71.2 Å². The largest absolute Gasteiger partial charge is 0.384 e. The molecule has 0 spiro atoms. The minimum atomic E-state index is -0.197. The van der Waals surface area contributed by atoms with Crippen molar-refractivity contribution in [1.29, 1.82) is 0 Å². The average Bonchev–Trinajstić information content (AvgIpc) is 2.04. The van der Waals surface area contributed by atoms with Crippen LogP contribution in [0.4, 0.5) is 5.82 Å². The molecule has 0 bridgehead atoms. The molecule has 0 aliphatic heterocycles. The van der Waals surface area contributed by atoms with Crippen LogP contribution in [0.1, 0.15) is 10.4 Å². The van der Waals surface area contributed by atoms with Gasteiger partial charge in [-0.3, -0.25) is 10.2 Å². The molecule has 5 heteroatoms. The van der Waals surface area contributed by atoms with E-state index in [0.717, 1.165) is 0 Å². The molecular formula is C8H12N4O. The Morgan fingerprint density at radius 1 is 1.54 bits per heavy atom. The van der Waals surface area contributed by atoms with Crippen molar-refractivity contribution >= 4 is 11.7 Å². The van der Waals surface area contributed by atoms with Crippen LogP contribution in [0.15, 0.2) is 18.3 Å². The highest BCUT2D eigenvalue weighted by Crippen LogP contribution is 2.00. The highest BCUT2D eigenvalue weighted by molar-refractivity contribution is 5.93. The first-order valence-electron chi connectivity index (χ1n) is 3.79. The minimum Gasteiger partial charge on any atom is -0.384 e. The second-order valence-corrected chi connectivity index (χ2v) is 2.81. The van der Waals surface area contributed by atoms with Crippen molar-refractivity contribution < 1.29 is 4.79 Å². The van der Waals surface area contributed by atoms with Gasteiger partial charge in [0.1, 0.15) is 5.82 Å². The molecule has 0 radical (unpaired) electrons. The molecular weight excluding hydrogens is 168 g/mol. The zero-order valence-corrected chi connectivity index (χ0v) is 7.61. The Morgan fingerprint density at radius 2 is 2.23 bits per heavy atom. The highest BCUT2D eigenvalue weighted by Gasteiger charge is 2.05. The van der Waals surface area contributed by atoms with E-state index in [1.165, 1.54) is 6.20 Å². The summed E-state index contributed by atoms with van der Waals surface area (Å²) in [4.78, 5) is 15.1. The summed E-state index contributed by atoms with van der Waals surface area (Å²) < 4.78 is 0. The van der Waals surface area contributed by atoms with Gasteiger partial charge >= 0.3 is 0 Å². The van der Waals surface area contributed by atoms with Gasteiger partial charge in [-0.05, 0) is 12.1 Å². The lowest BCUT2D eigenvalue weighted by atomic mass is 10.3. The van der Waals surface area contributed by atoms with Crippen molar-refractivity contribution in [2.75, 3.05) is 19.8 Å². The third kappa shape index (κ3) is 2.72. The molecule has 1 heterocycles. The van der Waals surface area contributed by atoms with E-state index in [4.69, 9.17) is 5.73 Å². The van der Waals surface area contributed by atoms with Gasteiger partial charge in [0.25, 0.3) is 5.91 Å². The highest BCUT2D eigenvalue weighted by atomic mass is 16.2. The second kappa shape index (κ2) is 3.86. The molecule has 1 aromatic heterocycles. The number of nitrogens with two attached hydrogens (primary N) is 1. The molecule has 0 saturated heterocycles. The van der Waals surface area contributed by atoms with Crippen LogP contribution in [-0.2, 0) is 0 Å². The number of aromatic nitrogens is 1. The first-order valence-corrected chi connectivity index (χ1v) is 3.79. The van der Waals surface area contributed by atoms with Gasteiger partial charge in [0, 0.05) is 20.3 Å². The lowest BCUT2D eigenvalue weighted by Crippen LogP contribution is -2.36. The molecule has 1 rings (SSSR count). The molecule has 0 unspecified atom stereocenters. The maximum Gasteiger partial charge on any atom is 0.267 e. The fourth-order valence-electron chi connectivity index (χ4n) is 0.807. The number of nitrogens with zero attached hydrogens (tertiary/aromatic N) is 2. The lowest BCUT2D eigenvalue weighted by molar-refractivity contribution is 0.0856. The smallest absolute Gasteiger partial charge is 0.267 e. The van der Waals surface area contributed by atoms with Crippen molar-refractivity contribution in [1.82, 2.24) is 15.4 Å². The first-order chi connectivity index (χ1) is 6.09. The van der Waals surface area contributed by atoms with Crippen molar-refractivity contribution in [3.63, 3.8) is 0 Å². The molecule has 70 valence electrons. The Balaban J connectivity index is 2.72. The zero-order chi connectivity index (χ0) is 9.84. The van der Waals surface area contributed by atoms with Crippen molar-refractivity contribution in [3.8, 4) is 0 Å². The number of amides is 1. The molecule has 0 aromatic carbocycles. The summed E-state index contributed by atoms with van der Waals surface area (Å²) in [5.74, 6) is 0.207. The number of pyridine rings is 1. The Labute approximate surface area is 76.5 Å². The maximum absolute atomic E-state index is 11.3. The number of carbonyl (C=O) groups excluding carboxylic acids is 1. The quantitative estimate of drug-likeness (QED) is 0.622. The van der Waals surface area contributed by atoms with Gasteiger partial charge in [-0.1, -0.05) is 0 Å². The molecule has 0 atom stereocenters. The summed E-state index contributed by atoms with van der Waals surface area (Å²) in [6.07, 6.45) is 1.44. The van der Waals surface area contributed by atoms with Crippen LogP contribution in [0.2, 0.25) is 0 Å². The Hall–Kier alpha value is -1.62. The van der Waals surface area contributed by atoms with E-state index >= 15 is 0 Å². The zero-order valence-electron chi connectivity index (χ0n) is 7.61. The van der Waals surface area contributed by atoms with Gasteiger partial charge < -0.3 is 5.73 Å². The standard InChI is InChI=1S/C8H12N4O/c1-12(2)11-8(13)6-3-4-7(9)10-5-6/h3-5H,1-2H3,(H2,9,10)(H,11,13). The number of carbonyl (C=O) groups is 1. The van der Waals surface area contributed by atoms with Crippen LogP contribution in [0.25, 0.3) is 0 Å². The summed E-state index contributed by atoms with van der Waals surface area (Å²) in [5.41, 5.74) is 8.46. The van der Waals surface area contributed by atoms with Gasteiger partial charge in [-0.2, -0.15) is 0 Å². The molecule has 5 nitrogen and oxygen atoms in total. The van der Waals surface area contributed by atoms with E-state index in [9.17, 15) is 4.79 Å². The summed E-state index contributed by atoms with van der Waals surface area (Å²) in [6.45, 7) is 0. The molecule has 0 aliphatic rings. The van der Waals surface area contributed by atoms with Crippen LogP contribution in [0, 0.1) is 0 Å².